The smallest absolute Gasteiger partial charge is 0.258 e. The Morgan fingerprint density at radius 3 is 2.58 bits per heavy atom. The van der Waals surface area contributed by atoms with E-state index in [2.05, 4.69) is 5.32 Å². The fraction of sp³-hybridized carbons (Fsp3) is 0.133. The quantitative estimate of drug-likeness (QED) is 0.848. The molecule has 0 atom stereocenters. The van der Waals surface area contributed by atoms with Crippen molar-refractivity contribution in [1.82, 2.24) is 0 Å². The summed E-state index contributed by atoms with van der Waals surface area (Å²) in [7, 11) is 0. The molecule has 0 saturated heterocycles. The number of amides is 1. The van der Waals surface area contributed by atoms with Gasteiger partial charge in [-0.05, 0) is 30.0 Å². The highest BCUT2D eigenvalue weighted by molar-refractivity contribution is 7.99. The van der Waals surface area contributed by atoms with Gasteiger partial charge in [-0.1, -0.05) is 31.2 Å². The Labute approximate surface area is 116 Å². The zero-order chi connectivity index (χ0) is 13.7. The molecule has 0 aromatic heterocycles. The highest BCUT2D eigenvalue weighted by Crippen LogP contribution is 2.27. The molecule has 0 aliphatic carbocycles. The van der Waals surface area contributed by atoms with E-state index in [4.69, 9.17) is 0 Å². The Kier molecular flexibility index (Phi) is 4.58. The first-order valence-corrected chi connectivity index (χ1v) is 6.98. The van der Waals surface area contributed by atoms with Crippen LogP contribution in [0.1, 0.15) is 17.3 Å². The topological polar surface area (TPSA) is 29.1 Å². The maximum absolute atomic E-state index is 13.5. The van der Waals surface area contributed by atoms with E-state index in [1.807, 2.05) is 31.2 Å². The molecule has 2 aromatic rings. The first-order valence-electron chi connectivity index (χ1n) is 6.00. The minimum absolute atomic E-state index is 0.0544. The van der Waals surface area contributed by atoms with Gasteiger partial charge in [0.05, 0.1) is 11.3 Å². The van der Waals surface area contributed by atoms with Crippen molar-refractivity contribution >= 4 is 23.4 Å². The van der Waals surface area contributed by atoms with Crippen molar-refractivity contribution in [1.29, 1.82) is 0 Å². The third kappa shape index (κ3) is 3.35. The molecule has 0 spiro atoms. The average molecular weight is 275 g/mol. The van der Waals surface area contributed by atoms with E-state index in [0.717, 1.165) is 10.6 Å². The molecule has 2 nitrogen and oxygen atoms in total. The Balaban J connectivity index is 2.22. The number of rotatable bonds is 4. The lowest BCUT2D eigenvalue weighted by atomic mass is 10.2. The van der Waals surface area contributed by atoms with Gasteiger partial charge in [0, 0.05) is 4.90 Å². The third-order valence-electron chi connectivity index (χ3n) is 2.55. The number of carbonyl (C=O) groups excluding carboxylic acids is 1. The van der Waals surface area contributed by atoms with E-state index in [9.17, 15) is 9.18 Å². The summed E-state index contributed by atoms with van der Waals surface area (Å²) in [6.07, 6.45) is 0. The third-order valence-corrected chi connectivity index (χ3v) is 3.51. The van der Waals surface area contributed by atoms with Crippen LogP contribution in [0.4, 0.5) is 10.1 Å². The van der Waals surface area contributed by atoms with Crippen LogP contribution in [0.5, 0.6) is 0 Å². The summed E-state index contributed by atoms with van der Waals surface area (Å²) in [6, 6.07) is 13.5. The Bertz CT molecular complexity index is 586. The Morgan fingerprint density at radius 2 is 1.84 bits per heavy atom. The first kappa shape index (κ1) is 13.6. The van der Waals surface area contributed by atoms with Crippen molar-refractivity contribution in [3.63, 3.8) is 0 Å². The second-order valence-corrected chi connectivity index (χ2v) is 5.17. The molecule has 2 rings (SSSR count). The Morgan fingerprint density at radius 1 is 1.16 bits per heavy atom. The summed E-state index contributed by atoms with van der Waals surface area (Å²) >= 11 is 1.63. The minimum atomic E-state index is -0.513. The SMILES string of the molecule is CCSc1ccccc1NC(=O)c1ccccc1F. The predicted octanol–water partition coefficient (Wildman–Crippen LogP) is 4.19. The molecule has 0 aliphatic rings. The average Bonchev–Trinajstić information content (AvgIpc) is 2.41. The second-order valence-electron chi connectivity index (χ2n) is 3.86. The number of benzene rings is 2. The monoisotopic (exact) mass is 275 g/mol. The maximum Gasteiger partial charge on any atom is 0.258 e. The molecule has 98 valence electrons. The molecule has 1 amide bonds. The molecule has 0 unspecified atom stereocenters. The largest absolute Gasteiger partial charge is 0.321 e. The molecule has 0 bridgehead atoms. The van der Waals surface area contributed by atoms with Gasteiger partial charge in [0.15, 0.2) is 0 Å². The van der Waals surface area contributed by atoms with Crippen LogP contribution < -0.4 is 5.32 Å². The molecule has 2 aromatic carbocycles. The van der Waals surface area contributed by atoms with Gasteiger partial charge in [0.25, 0.3) is 5.91 Å². The van der Waals surface area contributed by atoms with Crippen LogP contribution in [0.15, 0.2) is 53.4 Å². The van der Waals surface area contributed by atoms with Crippen molar-refractivity contribution < 1.29 is 9.18 Å². The molecule has 0 heterocycles. The van der Waals surface area contributed by atoms with Crippen molar-refractivity contribution in [3.05, 3.63) is 59.9 Å². The van der Waals surface area contributed by atoms with Crippen molar-refractivity contribution in [2.45, 2.75) is 11.8 Å². The summed E-state index contributed by atoms with van der Waals surface area (Å²) in [5.41, 5.74) is 0.765. The molecule has 1 N–H and O–H groups in total. The summed E-state index contributed by atoms with van der Waals surface area (Å²) in [5, 5.41) is 2.75. The fourth-order valence-corrected chi connectivity index (χ4v) is 2.45. The van der Waals surface area contributed by atoms with Gasteiger partial charge >= 0.3 is 0 Å². The van der Waals surface area contributed by atoms with E-state index < -0.39 is 11.7 Å². The van der Waals surface area contributed by atoms with Crippen molar-refractivity contribution in [2.75, 3.05) is 11.1 Å². The number of thioether (sulfide) groups is 1. The highest BCUT2D eigenvalue weighted by Gasteiger charge is 2.12. The van der Waals surface area contributed by atoms with E-state index in [-0.39, 0.29) is 5.56 Å². The first-order chi connectivity index (χ1) is 9.22. The van der Waals surface area contributed by atoms with E-state index in [1.165, 1.54) is 12.1 Å². The number of para-hydroxylation sites is 1. The summed E-state index contributed by atoms with van der Waals surface area (Å²) < 4.78 is 13.5. The molecule has 4 heteroatoms. The van der Waals surface area contributed by atoms with Crippen molar-refractivity contribution in [3.8, 4) is 0 Å². The van der Waals surface area contributed by atoms with E-state index in [0.29, 0.717) is 5.69 Å². The van der Waals surface area contributed by atoms with E-state index >= 15 is 0 Å². The number of hydrogen-bond donors (Lipinski definition) is 1. The zero-order valence-corrected chi connectivity index (χ0v) is 11.3. The minimum Gasteiger partial charge on any atom is -0.321 e. The molecule has 19 heavy (non-hydrogen) atoms. The van der Waals surface area contributed by atoms with Gasteiger partial charge in [-0.25, -0.2) is 4.39 Å². The molecular formula is C15H14FNOS. The van der Waals surface area contributed by atoms with Crippen LogP contribution in [-0.2, 0) is 0 Å². The molecule has 0 radical (unpaired) electrons. The molecule has 0 aliphatic heterocycles. The van der Waals surface area contributed by atoms with Crippen LogP contribution >= 0.6 is 11.8 Å². The molecular weight excluding hydrogens is 261 g/mol. The summed E-state index contributed by atoms with van der Waals surface area (Å²) in [4.78, 5) is 13.0. The molecule has 0 saturated carbocycles. The van der Waals surface area contributed by atoms with Crippen LogP contribution in [-0.4, -0.2) is 11.7 Å². The van der Waals surface area contributed by atoms with Gasteiger partial charge in [-0.3, -0.25) is 4.79 Å². The van der Waals surface area contributed by atoms with Crippen molar-refractivity contribution in [2.24, 2.45) is 0 Å². The van der Waals surface area contributed by atoms with Gasteiger partial charge in [0.2, 0.25) is 0 Å². The van der Waals surface area contributed by atoms with Gasteiger partial charge in [-0.2, -0.15) is 0 Å². The lowest BCUT2D eigenvalue weighted by Gasteiger charge is -2.10. The summed E-state index contributed by atoms with van der Waals surface area (Å²) in [5.74, 6) is -0.0325. The maximum atomic E-state index is 13.5. The standard InChI is InChI=1S/C15H14FNOS/c1-2-19-14-10-6-5-9-13(14)17-15(18)11-7-3-4-8-12(11)16/h3-10H,2H2,1H3,(H,17,18). The van der Waals surface area contributed by atoms with Crippen LogP contribution in [0.2, 0.25) is 0 Å². The van der Waals surface area contributed by atoms with E-state index in [1.54, 1.807) is 23.9 Å². The highest BCUT2D eigenvalue weighted by atomic mass is 32.2. The number of hydrogen-bond acceptors (Lipinski definition) is 2. The van der Waals surface area contributed by atoms with Gasteiger partial charge < -0.3 is 5.32 Å². The number of nitrogens with one attached hydrogen (secondary N) is 1. The predicted molar refractivity (Wildman–Crippen MR) is 77.2 cm³/mol. The van der Waals surface area contributed by atoms with Crippen LogP contribution in [0.25, 0.3) is 0 Å². The number of halogens is 1. The lowest BCUT2D eigenvalue weighted by molar-refractivity contribution is 0.102. The number of anilines is 1. The Hall–Kier alpha value is -1.81. The fourth-order valence-electron chi connectivity index (χ4n) is 1.69. The second kappa shape index (κ2) is 6.38. The number of carbonyl (C=O) groups is 1. The van der Waals surface area contributed by atoms with Crippen LogP contribution in [0, 0.1) is 5.82 Å². The van der Waals surface area contributed by atoms with Gasteiger partial charge in [-0.15, -0.1) is 11.8 Å². The summed E-state index contributed by atoms with van der Waals surface area (Å²) in [6.45, 7) is 2.04. The van der Waals surface area contributed by atoms with Gasteiger partial charge in [0.1, 0.15) is 5.82 Å². The normalized spacial score (nSPS) is 10.2. The zero-order valence-electron chi connectivity index (χ0n) is 10.5. The molecule has 0 fully saturated rings. The van der Waals surface area contributed by atoms with Crippen LogP contribution in [0.3, 0.4) is 0 Å². The lowest BCUT2D eigenvalue weighted by Crippen LogP contribution is -2.14.